The quantitative estimate of drug-likeness (QED) is 0.279. The fourth-order valence-electron chi connectivity index (χ4n) is 0. The summed E-state index contributed by atoms with van der Waals surface area (Å²) >= 11 is 0. The summed E-state index contributed by atoms with van der Waals surface area (Å²) in [6.45, 7) is 1.08. The van der Waals surface area contributed by atoms with Gasteiger partial charge in [0.25, 0.3) is 0 Å². The van der Waals surface area contributed by atoms with Gasteiger partial charge >= 0.3 is 8.93 Å². The van der Waals surface area contributed by atoms with Crippen molar-refractivity contribution in [3.8, 4) is 0 Å². The maximum absolute atomic E-state index is 9.83. The molecule has 0 aliphatic carbocycles. The van der Waals surface area contributed by atoms with Crippen LogP contribution < -0.4 is 5.73 Å². The molecule has 0 saturated carbocycles. The Labute approximate surface area is 42.4 Å². The second-order valence-corrected chi connectivity index (χ2v) is 3.08. The van der Waals surface area contributed by atoms with E-state index in [1.54, 1.807) is 0 Å². The minimum absolute atomic E-state index is 1.08. The molecule has 4 nitrogen and oxygen atoms in total. The van der Waals surface area contributed by atoms with E-state index in [1.807, 2.05) is 0 Å². The van der Waals surface area contributed by atoms with Crippen LogP contribution in [0.3, 0.4) is 0 Å². The summed E-state index contributed by atoms with van der Waals surface area (Å²) in [6.07, 6.45) is 0. The van der Waals surface area contributed by atoms with Gasteiger partial charge < -0.3 is 14.4 Å². The lowest BCUT2D eigenvalue weighted by Crippen LogP contribution is -2.46. The van der Waals surface area contributed by atoms with Crippen LogP contribution in [-0.4, -0.2) is 24.2 Å². The first kappa shape index (κ1) is 6.74. The molecule has 42 valence electrons. The van der Waals surface area contributed by atoms with Crippen LogP contribution in [0.15, 0.2) is 0 Å². The van der Waals surface area contributed by atoms with E-state index in [0.29, 0.717) is 0 Å². The molecular weight excluding hydrogens is 114 g/mol. The Balaban J connectivity index is 3.79. The van der Waals surface area contributed by atoms with Crippen LogP contribution in [0.5, 0.6) is 0 Å². The van der Waals surface area contributed by atoms with Gasteiger partial charge in [-0.3, -0.25) is 5.73 Å². The van der Waals surface area contributed by atoms with Gasteiger partial charge in [0.05, 0.1) is 0 Å². The third-order valence-electron chi connectivity index (χ3n) is 0.433. The van der Waals surface area contributed by atoms with E-state index >= 15 is 0 Å². The average Bonchev–Trinajstić information content (AvgIpc) is 1.31. The normalized spacial score (nSPS) is 18.1. The molecule has 0 aliphatic rings. The van der Waals surface area contributed by atoms with Gasteiger partial charge in [-0.25, -0.2) is 0 Å². The van der Waals surface area contributed by atoms with Crippen LogP contribution in [0.25, 0.3) is 0 Å². The monoisotopic (exact) mass is 121 g/mol. The molecule has 0 amide bonds. The second-order valence-electron chi connectivity index (χ2n) is 1.45. The van der Waals surface area contributed by atoms with Crippen molar-refractivity contribution in [2.24, 2.45) is 5.73 Å². The van der Waals surface area contributed by atoms with Crippen molar-refractivity contribution < 1.29 is 14.4 Å². The highest BCUT2D eigenvalue weighted by Gasteiger charge is 2.26. The van der Waals surface area contributed by atoms with Crippen LogP contribution in [0, 0.1) is 0 Å². The Morgan fingerprint density at radius 3 is 2.00 bits per heavy atom. The van der Waals surface area contributed by atoms with E-state index in [9.17, 15) is 4.46 Å². The van der Waals surface area contributed by atoms with Crippen LogP contribution in [0.1, 0.15) is 6.92 Å². The smallest absolute Gasteiger partial charge is 0.537 e. The van der Waals surface area contributed by atoms with E-state index < -0.39 is 14.3 Å². The summed E-state index contributed by atoms with van der Waals surface area (Å²) in [7, 11) is -2.97. The Kier molecular flexibility index (Phi) is 1.62. The molecule has 0 aromatic heterocycles. The maximum atomic E-state index is 9.83. The highest BCUT2D eigenvalue weighted by molar-refractivity contribution is 6.36. The number of hydrogen-bond acceptors (Lipinski definition) is 3. The van der Waals surface area contributed by atoms with E-state index in [1.165, 1.54) is 0 Å². The van der Waals surface area contributed by atoms with Crippen molar-refractivity contribution in [1.82, 2.24) is 0 Å². The molecule has 0 aromatic carbocycles. The van der Waals surface area contributed by atoms with Gasteiger partial charge in [-0.15, -0.1) is 0 Å². The van der Waals surface area contributed by atoms with E-state index in [0.717, 1.165) is 6.92 Å². The van der Waals surface area contributed by atoms with Crippen LogP contribution in [-0.2, 0) is 4.46 Å². The second kappa shape index (κ2) is 1.69. The Morgan fingerprint density at radius 1 is 1.86 bits per heavy atom. The van der Waals surface area contributed by atoms with E-state index in [2.05, 4.69) is 0 Å². The zero-order valence-corrected chi connectivity index (χ0v) is 4.88. The summed E-state index contributed by atoms with van der Waals surface area (Å²) in [5.74, 6) is 0. The summed E-state index contributed by atoms with van der Waals surface area (Å²) in [4.78, 5) is 8.06. The standard InChI is InChI=1S/C2H7NO3Si/c1-2(3,4)7(5)6/h4-5H,3H2,1H3. The van der Waals surface area contributed by atoms with Crippen molar-refractivity contribution in [3.63, 3.8) is 0 Å². The van der Waals surface area contributed by atoms with Gasteiger partial charge in [0, 0.05) is 0 Å². The SMILES string of the molecule is CC(N)(O)[Si](=O)O. The molecule has 1 atom stereocenters. The Bertz CT molecular complexity index is 85.4. The fourth-order valence-corrected chi connectivity index (χ4v) is 0. The molecule has 0 heterocycles. The van der Waals surface area contributed by atoms with Gasteiger partial charge in [0.1, 0.15) is 0 Å². The highest BCUT2D eigenvalue weighted by atomic mass is 28.3. The summed E-state index contributed by atoms with van der Waals surface area (Å²) in [5, 5.41) is 6.46. The molecule has 0 radical (unpaired) electrons. The highest BCUT2D eigenvalue weighted by Crippen LogP contribution is 1.86. The van der Waals surface area contributed by atoms with Crippen molar-refractivity contribution in [2.45, 2.75) is 12.3 Å². The number of nitrogens with two attached hydrogens (primary N) is 1. The first-order chi connectivity index (χ1) is 2.94. The summed E-state index contributed by atoms with van der Waals surface area (Å²) in [6, 6.07) is 0. The lowest BCUT2D eigenvalue weighted by atomic mass is 10.7. The predicted octanol–water partition coefficient (Wildman–Crippen LogP) is -1.90. The molecule has 4 N–H and O–H groups in total. The number of aliphatic hydroxyl groups is 1. The topological polar surface area (TPSA) is 83.5 Å². The van der Waals surface area contributed by atoms with Gasteiger partial charge in [-0.1, -0.05) is 0 Å². The maximum Gasteiger partial charge on any atom is 0.549 e. The van der Waals surface area contributed by atoms with Gasteiger partial charge in [0.15, 0.2) is 5.35 Å². The summed E-state index contributed by atoms with van der Waals surface area (Å²) < 4.78 is 9.83. The third-order valence-corrected chi connectivity index (χ3v) is 1.30. The first-order valence-electron chi connectivity index (χ1n) is 1.69. The predicted molar refractivity (Wildman–Crippen MR) is 23.5 cm³/mol. The van der Waals surface area contributed by atoms with Crippen molar-refractivity contribution in [1.29, 1.82) is 0 Å². The Morgan fingerprint density at radius 2 is 2.00 bits per heavy atom. The molecule has 1 unspecified atom stereocenters. The van der Waals surface area contributed by atoms with Gasteiger partial charge in [-0.2, -0.15) is 0 Å². The van der Waals surface area contributed by atoms with E-state index in [-0.39, 0.29) is 0 Å². The molecule has 5 heteroatoms. The molecule has 0 aliphatic heterocycles. The van der Waals surface area contributed by atoms with Gasteiger partial charge in [-0.05, 0) is 6.92 Å². The van der Waals surface area contributed by atoms with Crippen molar-refractivity contribution in [2.75, 3.05) is 0 Å². The molecule has 0 fully saturated rings. The minimum atomic E-state index is -2.97. The van der Waals surface area contributed by atoms with Crippen LogP contribution in [0.4, 0.5) is 0 Å². The molecule has 7 heavy (non-hydrogen) atoms. The molecule has 0 spiro atoms. The molecule has 0 rings (SSSR count). The fraction of sp³-hybridized carbons (Fsp3) is 1.00. The zero-order chi connectivity index (χ0) is 6.08. The zero-order valence-electron chi connectivity index (χ0n) is 3.88. The van der Waals surface area contributed by atoms with Gasteiger partial charge in [0.2, 0.25) is 0 Å². The van der Waals surface area contributed by atoms with E-state index in [4.69, 9.17) is 15.6 Å². The lowest BCUT2D eigenvalue weighted by molar-refractivity contribution is 0.122. The average molecular weight is 121 g/mol. The molecule has 0 bridgehead atoms. The largest absolute Gasteiger partial charge is 0.549 e. The first-order valence-corrected chi connectivity index (χ1v) is 3.05. The third kappa shape index (κ3) is 2.43. The van der Waals surface area contributed by atoms with Crippen molar-refractivity contribution in [3.05, 3.63) is 0 Å². The molecule has 0 saturated heterocycles. The number of rotatable bonds is 1. The molecule has 0 aromatic rings. The summed E-state index contributed by atoms with van der Waals surface area (Å²) in [5.41, 5.74) is 4.72. The van der Waals surface area contributed by atoms with Crippen molar-refractivity contribution >= 4 is 8.93 Å². The Hall–Kier alpha value is -0.263. The number of hydrogen-bond donors (Lipinski definition) is 3. The van der Waals surface area contributed by atoms with Crippen LogP contribution in [0.2, 0.25) is 0 Å². The lowest BCUT2D eigenvalue weighted by Gasteiger charge is -2.06. The minimum Gasteiger partial charge on any atom is -0.537 e. The van der Waals surface area contributed by atoms with Crippen LogP contribution >= 0.6 is 0 Å². The molecular formula is C2H7NO3Si.